The van der Waals surface area contributed by atoms with Crippen LogP contribution in [-0.2, 0) is 16.4 Å². The number of sulfonamides is 1. The Morgan fingerprint density at radius 1 is 1.19 bits per heavy atom. The van der Waals surface area contributed by atoms with E-state index in [-0.39, 0.29) is 12.0 Å². The molecule has 1 aliphatic heterocycles. The van der Waals surface area contributed by atoms with Crippen molar-refractivity contribution in [2.75, 3.05) is 13.1 Å². The van der Waals surface area contributed by atoms with E-state index >= 15 is 0 Å². The number of hydrogen-bond donors (Lipinski definition) is 1. The number of fused-ring (bicyclic) bond motifs is 1. The molecule has 116 valence electrons. The van der Waals surface area contributed by atoms with Gasteiger partial charge in [-0.25, -0.2) is 8.42 Å². The third kappa shape index (κ3) is 2.74. The monoisotopic (exact) mass is 309 g/mol. The highest BCUT2D eigenvalue weighted by Gasteiger charge is 2.45. The van der Waals surface area contributed by atoms with Crippen LogP contribution in [0.2, 0.25) is 0 Å². The number of aryl methyl sites for hydroxylation is 1. The van der Waals surface area contributed by atoms with Crippen LogP contribution in [0.5, 0.6) is 0 Å². The van der Waals surface area contributed by atoms with Crippen molar-refractivity contribution in [1.29, 1.82) is 0 Å². The molecule has 5 heteroatoms. The average molecular weight is 309 g/mol. The number of nitrogens with zero attached hydrogens (tertiary/aromatic N) is 1. The average Bonchev–Trinajstić information content (AvgIpc) is 3.03. The van der Waals surface area contributed by atoms with Crippen LogP contribution in [0.3, 0.4) is 0 Å². The lowest BCUT2D eigenvalue weighted by molar-refractivity contribution is 0.129. The van der Waals surface area contributed by atoms with Crippen LogP contribution < -0.4 is 0 Å². The quantitative estimate of drug-likeness (QED) is 0.926. The second-order valence-electron chi connectivity index (χ2n) is 6.28. The van der Waals surface area contributed by atoms with Gasteiger partial charge >= 0.3 is 0 Å². The lowest BCUT2D eigenvalue weighted by Gasteiger charge is -2.18. The molecular weight excluding hydrogens is 286 g/mol. The summed E-state index contributed by atoms with van der Waals surface area (Å²) in [4.78, 5) is 0.372. The van der Waals surface area contributed by atoms with E-state index in [1.54, 1.807) is 16.4 Å². The predicted molar refractivity (Wildman–Crippen MR) is 81.4 cm³/mol. The molecule has 0 aromatic heterocycles. The Balaban J connectivity index is 1.78. The summed E-state index contributed by atoms with van der Waals surface area (Å²) < 4.78 is 26.9. The molecule has 1 saturated heterocycles. The fourth-order valence-electron chi connectivity index (χ4n) is 3.66. The summed E-state index contributed by atoms with van der Waals surface area (Å²) in [7, 11) is -3.41. The maximum absolute atomic E-state index is 12.7. The molecule has 1 saturated carbocycles. The standard InChI is InChI=1S/C16H23NO3S/c1-2-3-12-4-7-14(8-5-12)21(19,20)17-10-13-6-9-16(18)15(13)11-17/h4-5,7-8,13,15-16,18H,2-3,6,9-11H2,1H3. The van der Waals surface area contributed by atoms with Gasteiger partial charge in [-0.2, -0.15) is 4.31 Å². The molecular formula is C16H23NO3S. The normalized spacial score (nSPS) is 29.7. The van der Waals surface area contributed by atoms with Crippen molar-refractivity contribution < 1.29 is 13.5 Å². The molecule has 3 rings (SSSR count). The van der Waals surface area contributed by atoms with E-state index in [0.717, 1.165) is 25.7 Å². The Morgan fingerprint density at radius 3 is 2.52 bits per heavy atom. The van der Waals surface area contributed by atoms with E-state index < -0.39 is 10.0 Å². The number of aliphatic hydroxyl groups is 1. The number of aliphatic hydroxyl groups excluding tert-OH is 1. The van der Waals surface area contributed by atoms with Crippen LogP contribution in [-0.4, -0.2) is 37.0 Å². The number of benzene rings is 1. The first-order chi connectivity index (χ1) is 10.0. The lowest BCUT2D eigenvalue weighted by Crippen LogP contribution is -2.31. The van der Waals surface area contributed by atoms with Crippen LogP contribution in [0.4, 0.5) is 0 Å². The summed E-state index contributed by atoms with van der Waals surface area (Å²) in [5.74, 6) is 0.452. The van der Waals surface area contributed by atoms with Gasteiger partial charge in [0.1, 0.15) is 0 Å². The van der Waals surface area contributed by atoms with Gasteiger partial charge in [0.05, 0.1) is 11.0 Å². The summed E-state index contributed by atoms with van der Waals surface area (Å²) in [5, 5.41) is 9.93. The highest BCUT2D eigenvalue weighted by Crippen LogP contribution is 2.40. The summed E-state index contributed by atoms with van der Waals surface area (Å²) >= 11 is 0. The summed E-state index contributed by atoms with van der Waals surface area (Å²) in [5.41, 5.74) is 1.17. The minimum atomic E-state index is -3.41. The van der Waals surface area contributed by atoms with Crippen molar-refractivity contribution in [3.05, 3.63) is 29.8 Å². The molecule has 1 heterocycles. The Morgan fingerprint density at radius 2 is 1.90 bits per heavy atom. The van der Waals surface area contributed by atoms with Gasteiger partial charge in [-0.15, -0.1) is 0 Å². The predicted octanol–water partition coefficient (Wildman–Crippen LogP) is 2.03. The molecule has 0 spiro atoms. The van der Waals surface area contributed by atoms with Crippen molar-refractivity contribution in [2.24, 2.45) is 11.8 Å². The maximum Gasteiger partial charge on any atom is 0.243 e. The zero-order valence-electron chi connectivity index (χ0n) is 12.4. The molecule has 1 N–H and O–H groups in total. The Bertz CT molecular complexity index is 596. The molecule has 1 aromatic carbocycles. The number of hydrogen-bond acceptors (Lipinski definition) is 3. The van der Waals surface area contributed by atoms with Gasteiger partial charge < -0.3 is 5.11 Å². The van der Waals surface area contributed by atoms with Crippen molar-refractivity contribution in [3.63, 3.8) is 0 Å². The minimum Gasteiger partial charge on any atom is -0.393 e. The second-order valence-corrected chi connectivity index (χ2v) is 8.22. The van der Waals surface area contributed by atoms with Gasteiger partial charge in [0.25, 0.3) is 0 Å². The third-order valence-corrected chi connectivity index (χ3v) is 6.73. The molecule has 2 fully saturated rings. The SMILES string of the molecule is CCCc1ccc(S(=O)(=O)N2CC3CCC(O)C3C2)cc1. The molecule has 0 amide bonds. The van der Waals surface area contributed by atoms with Gasteiger partial charge in [-0.1, -0.05) is 25.5 Å². The van der Waals surface area contributed by atoms with Gasteiger partial charge in [0.15, 0.2) is 0 Å². The maximum atomic E-state index is 12.7. The third-order valence-electron chi connectivity index (χ3n) is 4.89. The highest BCUT2D eigenvalue weighted by atomic mass is 32.2. The van der Waals surface area contributed by atoms with E-state index in [9.17, 15) is 13.5 Å². The molecule has 4 nitrogen and oxygen atoms in total. The zero-order chi connectivity index (χ0) is 15.0. The summed E-state index contributed by atoms with van der Waals surface area (Å²) in [6.45, 7) is 3.13. The minimum absolute atomic E-state index is 0.124. The molecule has 2 aliphatic rings. The van der Waals surface area contributed by atoms with Crippen LogP contribution in [0, 0.1) is 11.8 Å². The first-order valence-electron chi connectivity index (χ1n) is 7.79. The first kappa shape index (κ1) is 15.0. The van der Waals surface area contributed by atoms with Gasteiger partial charge in [-0.3, -0.25) is 0 Å². The van der Waals surface area contributed by atoms with Crippen molar-refractivity contribution >= 4 is 10.0 Å². The Kier molecular flexibility index (Phi) is 4.08. The highest BCUT2D eigenvalue weighted by molar-refractivity contribution is 7.89. The zero-order valence-corrected chi connectivity index (χ0v) is 13.2. The molecule has 0 radical (unpaired) electrons. The van der Waals surface area contributed by atoms with E-state index in [1.165, 1.54) is 5.56 Å². The van der Waals surface area contributed by atoms with E-state index in [2.05, 4.69) is 6.92 Å². The van der Waals surface area contributed by atoms with Crippen molar-refractivity contribution in [2.45, 2.75) is 43.6 Å². The van der Waals surface area contributed by atoms with E-state index in [0.29, 0.717) is 23.9 Å². The van der Waals surface area contributed by atoms with E-state index in [4.69, 9.17) is 0 Å². The van der Waals surface area contributed by atoms with E-state index in [1.807, 2.05) is 12.1 Å². The largest absolute Gasteiger partial charge is 0.393 e. The van der Waals surface area contributed by atoms with Crippen LogP contribution in [0.25, 0.3) is 0 Å². The second kappa shape index (κ2) is 5.71. The van der Waals surface area contributed by atoms with Crippen molar-refractivity contribution in [3.8, 4) is 0 Å². The van der Waals surface area contributed by atoms with Gasteiger partial charge in [0, 0.05) is 19.0 Å². The Labute approximate surface area is 126 Å². The molecule has 3 atom stereocenters. The molecule has 1 aliphatic carbocycles. The van der Waals surface area contributed by atoms with Crippen LogP contribution >= 0.6 is 0 Å². The smallest absolute Gasteiger partial charge is 0.243 e. The van der Waals surface area contributed by atoms with Gasteiger partial charge in [-0.05, 0) is 42.9 Å². The summed E-state index contributed by atoms with van der Waals surface area (Å²) in [6, 6.07) is 7.24. The first-order valence-corrected chi connectivity index (χ1v) is 9.23. The molecule has 3 unspecified atom stereocenters. The number of rotatable bonds is 4. The summed E-state index contributed by atoms with van der Waals surface area (Å²) in [6.07, 6.45) is 3.45. The molecule has 21 heavy (non-hydrogen) atoms. The fraction of sp³-hybridized carbons (Fsp3) is 0.625. The molecule has 1 aromatic rings. The van der Waals surface area contributed by atoms with Crippen LogP contribution in [0.15, 0.2) is 29.2 Å². The van der Waals surface area contributed by atoms with Crippen molar-refractivity contribution in [1.82, 2.24) is 4.31 Å². The lowest BCUT2D eigenvalue weighted by atomic mass is 10.00. The topological polar surface area (TPSA) is 57.6 Å². The van der Waals surface area contributed by atoms with Gasteiger partial charge in [0.2, 0.25) is 10.0 Å². The van der Waals surface area contributed by atoms with Crippen LogP contribution in [0.1, 0.15) is 31.7 Å². The Hall–Kier alpha value is -0.910. The fourth-order valence-corrected chi connectivity index (χ4v) is 5.19. The molecule has 0 bridgehead atoms.